The Morgan fingerprint density at radius 1 is 1.27 bits per heavy atom. The van der Waals surface area contributed by atoms with Gasteiger partial charge in [0, 0.05) is 41.7 Å². The van der Waals surface area contributed by atoms with Gasteiger partial charge in [-0.25, -0.2) is 4.39 Å². The maximum atomic E-state index is 14.0. The minimum Gasteiger partial charge on any atom is -0.496 e. The second kappa shape index (κ2) is 9.41. The lowest BCUT2D eigenvalue weighted by Gasteiger charge is -2.14. The SMILES string of the molecule is CN=C(NCc1ccccc1OC)NC1CC1c1c(F)cccc1Cl.I. The Kier molecular flexibility index (Phi) is 7.52. The van der Waals surface area contributed by atoms with E-state index in [0.717, 1.165) is 17.7 Å². The second-order valence-electron chi connectivity index (χ2n) is 5.97. The maximum Gasteiger partial charge on any atom is 0.191 e. The van der Waals surface area contributed by atoms with Gasteiger partial charge in [0.05, 0.1) is 7.11 Å². The summed E-state index contributed by atoms with van der Waals surface area (Å²) >= 11 is 6.15. The van der Waals surface area contributed by atoms with Crippen LogP contribution in [0.15, 0.2) is 47.5 Å². The number of hydrogen-bond donors (Lipinski definition) is 2. The van der Waals surface area contributed by atoms with E-state index in [0.29, 0.717) is 23.1 Å². The molecule has 2 atom stereocenters. The van der Waals surface area contributed by atoms with Gasteiger partial charge in [-0.1, -0.05) is 35.9 Å². The van der Waals surface area contributed by atoms with Gasteiger partial charge in [0.2, 0.25) is 0 Å². The van der Waals surface area contributed by atoms with Gasteiger partial charge in [0.25, 0.3) is 0 Å². The van der Waals surface area contributed by atoms with Gasteiger partial charge in [-0.05, 0) is 24.6 Å². The topological polar surface area (TPSA) is 45.7 Å². The van der Waals surface area contributed by atoms with E-state index >= 15 is 0 Å². The first-order valence-corrected chi connectivity index (χ1v) is 8.54. The predicted molar refractivity (Wildman–Crippen MR) is 114 cm³/mol. The van der Waals surface area contributed by atoms with Crippen LogP contribution in [0.2, 0.25) is 5.02 Å². The second-order valence-corrected chi connectivity index (χ2v) is 6.37. The largest absolute Gasteiger partial charge is 0.496 e. The molecule has 26 heavy (non-hydrogen) atoms. The zero-order chi connectivity index (χ0) is 17.8. The Morgan fingerprint density at radius 3 is 2.73 bits per heavy atom. The van der Waals surface area contributed by atoms with Crippen LogP contribution in [0.3, 0.4) is 0 Å². The van der Waals surface area contributed by atoms with Crippen molar-refractivity contribution >= 4 is 41.5 Å². The quantitative estimate of drug-likeness (QED) is 0.373. The lowest BCUT2D eigenvalue weighted by molar-refractivity contribution is 0.409. The first kappa shape index (κ1) is 20.8. The Balaban J connectivity index is 0.00000243. The van der Waals surface area contributed by atoms with Crippen LogP contribution in [0.4, 0.5) is 4.39 Å². The van der Waals surface area contributed by atoms with Gasteiger partial charge < -0.3 is 15.4 Å². The van der Waals surface area contributed by atoms with Crippen LogP contribution in [-0.4, -0.2) is 26.2 Å². The minimum absolute atomic E-state index is 0. The molecular weight excluding hydrogens is 468 g/mol. The summed E-state index contributed by atoms with van der Waals surface area (Å²) in [6, 6.07) is 12.7. The third kappa shape index (κ3) is 4.79. The molecule has 0 amide bonds. The number of nitrogens with one attached hydrogen (secondary N) is 2. The standard InChI is InChI=1S/C19H21ClFN3O.HI/c1-22-19(23-11-12-6-3-4-9-17(12)25-2)24-16-10-13(16)18-14(20)7-5-8-15(18)21;/h3-9,13,16H,10-11H2,1-2H3,(H2,22,23,24);1H. The normalized spacial score (nSPS) is 18.7. The summed E-state index contributed by atoms with van der Waals surface area (Å²) in [5.74, 6) is 1.32. The minimum atomic E-state index is -0.251. The molecule has 4 nitrogen and oxygen atoms in total. The Bertz CT molecular complexity index is 767. The first-order chi connectivity index (χ1) is 12.1. The molecule has 0 bridgehead atoms. The molecule has 0 spiro atoms. The molecule has 1 aliphatic rings. The molecule has 7 heteroatoms. The molecule has 0 saturated heterocycles. The number of methoxy groups -OCH3 is 1. The van der Waals surface area contributed by atoms with Crippen molar-refractivity contribution in [1.82, 2.24) is 10.6 Å². The van der Waals surface area contributed by atoms with Crippen LogP contribution in [0.5, 0.6) is 5.75 Å². The maximum absolute atomic E-state index is 14.0. The molecule has 0 aromatic heterocycles. The number of ether oxygens (including phenoxy) is 1. The van der Waals surface area contributed by atoms with Crippen molar-refractivity contribution in [1.29, 1.82) is 0 Å². The van der Waals surface area contributed by atoms with Crippen molar-refractivity contribution in [2.75, 3.05) is 14.2 Å². The van der Waals surface area contributed by atoms with Crippen molar-refractivity contribution in [2.24, 2.45) is 4.99 Å². The van der Waals surface area contributed by atoms with Crippen LogP contribution < -0.4 is 15.4 Å². The highest BCUT2D eigenvalue weighted by Crippen LogP contribution is 2.44. The van der Waals surface area contributed by atoms with E-state index in [1.165, 1.54) is 6.07 Å². The number of benzene rings is 2. The number of nitrogens with zero attached hydrogens (tertiary/aromatic N) is 1. The van der Waals surface area contributed by atoms with Gasteiger partial charge >= 0.3 is 0 Å². The molecule has 3 rings (SSSR count). The molecule has 1 aliphatic carbocycles. The number of para-hydroxylation sites is 1. The average molecular weight is 490 g/mol. The average Bonchev–Trinajstić information content (AvgIpc) is 3.37. The zero-order valence-corrected chi connectivity index (χ0v) is 17.7. The Hall–Kier alpha value is -1.54. The van der Waals surface area contributed by atoms with Gasteiger partial charge in [0.15, 0.2) is 5.96 Å². The van der Waals surface area contributed by atoms with Gasteiger partial charge in [-0.15, -0.1) is 24.0 Å². The van der Waals surface area contributed by atoms with Crippen molar-refractivity contribution in [3.63, 3.8) is 0 Å². The van der Waals surface area contributed by atoms with E-state index in [9.17, 15) is 4.39 Å². The number of hydrogen-bond acceptors (Lipinski definition) is 2. The molecule has 0 heterocycles. The molecule has 2 unspecified atom stereocenters. The summed E-state index contributed by atoms with van der Waals surface area (Å²) in [5.41, 5.74) is 1.62. The monoisotopic (exact) mass is 489 g/mol. The van der Waals surface area contributed by atoms with Crippen molar-refractivity contribution in [3.8, 4) is 5.75 Å². The van der Waals surface area contributed by atoms with Crippen molar-refractivity contribution < 1.29 is 9.13 Å². The molecule has 1 saturated carbocycles. The van der Waals surface area contributed by atoms with Crippen molar-refractivity contribution in [3.05, 3.63) is 64.4 Å². The van der Waals surface area contributed by atoms with E-state index in [4.69, 9.17) is 16.3 Å². The lowest BCUT2D eigenvalue weighted by Crippen LogP contribution is -2.38. The summed E-state index contributed by atoms with van der Waals surface area (Å²) in [5, 5.41) is 7.07. The Morgan fingerprint density at radius 2 is 2.04 bits per heavy atom. The molecule has 2 aromatic rings. The summed E-state index contributed by atoms with van der Waals surface area (Å²) in [6.45, 7) is 0.585. The first-order valence-electron chi connectivity index (χ1n) is 8.17. The summed E-state index contributed by atoms with van der Waals surface area (Å²) in [7, 11) is 3.36. The van der Waals surface area contributed by atoms with Crippen LogP contribution >= 0.6 is 35.6 Å². The van der Waals surface area contributed by atoms with E-state index < -0.39 is 0 Å². The molecule has 140 valence electrons. The number of halogens is 3. The third-order valence-electron chi connectivity index (χ3n) is 4.35. The van der Waals surface area contributed by atoms with Gasteiger partial charge in [0.1, 0.15) is 11.6 Å². The van der Waals surface area contributed by atoms with E-state index in [1.54, 1.807) is 26.3 Å². The van der Waals surface area contributed by atoms with Crippen LogP contribution in [0, 0.1) is 5.82 Å². The molecule has 2 aromatic carbocycles. The van der Waals surface area contributed by atoms with Crippen LogP contribution in [0.1, 0.15) is 23.5 Å². The highest BCUT2D eigenvalue weighted by Gasteiger charge is 2.41. The van der Waals surface area contributed by atoms with Crippen LogP contribution in [-0.2, 0) is 6.54 Å². The summed E-state index contributed by atoms with van der Waals surface area (Å²) < 4.78 is 19.4. The number of rotatable bonds is 5. The Labute approximate surface area is 175 Å². The summed E-state index contributed by atoms with van der Waals surface area (Å²) in [6.07, 6.45) is 0.829. The van der Waals surface area contributed by atoms with Crippen molar-refractivity contribution in [2.45, 2.75) is 24.9 Å². The fourth-order valence-electron chi connectivity index (χ4n) is 2.94. The fraction of sp³-hybridized carbons (Fsp3) is 0.316. The highest BCUT2D eigenvalue weighted by molar-refractivity contribution is 14.0. The van der Waals surface area contributed by atoms with Gasteiger partial charge in [-0.2, -0.15) is 0 Å². The van der Waals surface area contributed by atoms with Gasteiger partial charge in [-0.3, -0.25) is 4.99 Å². The molecular formula is C19H22ClFIN3O. The molecule has 2 N–H and O–H groups in total. The molecule has 1 fully saturated rings. The smallest absolute Gasteiger partial charge is 0.191 e. The molecule has 0 radical (unpaired) electrons. The number of guanidine groups is 1. The zero-order valence-electron chi connectivity index (χ0n) is 14.6. The fourth-order valence-corrected chi connectivity index (χ4v) is 3.24. The summed E-state index contributed by atoms with van der Waals surface area (Å²) in [4.78, 5) is 4.24. The van der Waals surface area contributed by atoms with Crippen LogP contribution in [0.25, 0.3) is 0 Å². The lowest BCUT2D eigenvalue weighted by atomic mass is 10.1. The van der Waals surface area contributed by atoms with E-state index in [1.807, 2.05) is 24.3 Å². The van der Waals surface area contributed by atoms with E-state index in [2.05, 4.69) is 15.6 Å². The predicted octanol–water partition coefficient (Wildman–Crippen LogP) is 4.33. The highest BCUT2D eigenvalue weighted by atomic mass is 127. The van der Waals surface area contributed by atoms with E-state index in [-0.39, 0.29) is 41.8 Å². The third-order valence-corrected chi connectivity index (χ3v) is 4.68. The molecule has 0 aliphatic heterocycles. The number of aliphatic imine (C=N–C) groups is 1.